The molecule has 0 atom stereocenters. The molecule has 4 rings (SSSR count). The van der Waals surface area contributed by atoms with Gasteiger partial charge in [0.25, 0.3) is 11.4 Å². The van der Waals surface area contributed by atoms with Gasteiger partial charge in [-0.25, -0.2) is 0 Å². The van der Waals surface area contributed by atoms with Gasteiger partial charge >= 0.3 is 0 Å². The van der Waals surface area contributed by atoms with E-state index in [1.807, 2.05) is 24.3 Å². The molecule has 8 nitrogen and oxygen atoms in total. The van der Waals surface area contributed by atoms with Gasteiger partial charge < -0.3 is 42.9 Å². The number of likely N-dealkylation sites (tertiary alicyclic amines) is 2. The third kappa shape index (κ3) is 9.89. The highest BCUT2D eigenvalue weighted by molar-refractivity contribution is 5.33. The molecule has 0 bridgehead atoms. The average Bonchev–Trinajstić information content (AvgIpc) is 2.92. The molecular formula is C30H44Br2N4O4. The lowest BCUT2D eigenvalue weighted by molar-refractivity contribution is -0.915. The Morgan fingerprint density at radius 2 is 0.925 bits per heavy atom. The lowest BCUT2D eigenvalue weighted by Crippen LogP contribution is -3.00. The molecule has 2 aliphatic heterocycles. The number of hydrogen-bond donors (Lipinski definition) is 0. The molecule has 0 N–H and O–H groups in total. The van der Waals surface area contributed by atoms with E-state index in [-0.39, 0.29) is 55.2 Å². The summed E-state index contributed by atoms with van der Waals surface area (Å²) in [5, 5.41) is 21.7. The predicted octanol–water partition coefficient (Wildman–Crippen LogP) is -0.210. The van der Waals surface area contributed by atoms with E-state index in [4.69, 9.17) is 0 Å². The minimum absolute atomic E-state index is 0. The number of rotatable bonds is 11. The number of quaternary nitrogens is 2. The fourth-order valence-electron chi connectivity index (χ4n) is 6.35. The van der Waals surface area contributed by atoms with Crippen LogP contribution in [-0.2, 0) is 12.8 Å². The van der Waals surface area contributed by atoms with Gasteiger partial charge in [0.1, 0.15) is 0 Å². The maximum absolute atomic E-state index is 10.9. The van der Waals surface area contributed by atoms with Crippen molar-refractivity contribution in [3.8, 4) is 0 Å². The van der Waals surface area contributed by atoms with Crippen LogP contribution < -0.4 is 34.0 Å². The molecule has 0 radical (unpaired) electrons. The molecular weight excluding hydrogens is 640 g/mol. The normalized spacial score (nSPS) is 26.2. The molecule has 2 aromatic rings. The minimum Gasteiger partial charge on any atom is -1.00 e. The number of hydrogen-bond acceptors (Lipinski definition) is 4. The standard InChI is InChI=1S/C30H44N4O4.2BrH/c1-33(19-13-25-5-9-29(10-6-25)31(35)36)21-15-27(16-22-33)3-4-28-17-23-34(2,24-18-28)20-14-26-7-11-30(12-8-26)32(37)38;;/h5-12,27-28H,3-4,13-24H2,1-2H3;2*1H/q+2;;/p-2. The second kappa shape index (κ2) is 15.4. The van der Waals surface area contributed by atoms with Crippen LogP contribution in [0.4, 0.5) is 11.4 Å². The molecule has 0 aliphatic carbocycles. The first kappa shape index (κ1) is 34.3. The van der Waals surface area contributed by atoms with Crippen molar-refractivity contribution in [1.82, 2.24) is 0 Å². The van der Waals surface area contributed by atoms with Crippen LogP contribution in [0.25, 0.3) is 0 Å². The summed E-state index contributed by atoms with van der Waals surface area (Å²) in [7, 11) is 4.75. The first-order chi connectivity index (χ1) is 18.1. The zero-order valence-electron chi connectivity index (χ0n) is 23.9. The van der Waals surface area contributed by atoms with Crippen molar-refractivity contribution in [2.75, 3.05) is 53.4 Å². The van der Waals surface area contributed by atoms with Crippen molar-refractivity contribution in [3.05, 3.63) is 79.9 Å². The van der Waals surface area contributed by atoms with Crippen molar-refractivity contribution < 1.29 is 52.8 Å². The zero-order chi connectivity index (χ0) is 27.2. The molecule has 222 valence electrons. The summed E-state index contributed by atoms with van der Waals surface area (Å²) in [4.78, 5) is 21.1. The van der Waals surface area contributed by atoms with Crippen molar-refractivity contribution in [2.45, 2.75) is 51.4 Å². The van der Waals surface area contributed by atoms with Gasteiger partial charge in [-0.1, -0.05) is 24.3 Å². The van der Waals surface area contributed by atoms with Gasteiger partial charge in [-0.2, -0.15) is 0 Å². The molecule has 2 fully saturated rings. The monoisotopic (exact) mass is 682 g/mol. The molecule has 0 spiro atoms. The highest BCUT2D eigenvalue weighted by atomic mass is 79.9. The topological polar surface area (TPSA) is 86.3 Å². The lowest BCUT2D eigenvalue weighted by Gasteiger charge is -2.42. The maximum Gasteiger partial charge on any atom is 0.269 e. The molecule has 0 saturated carbocycles. The van der Waals surface area contributed by atoms with E-state index in [0.29, 0.717) is 0 Å². The Kier molecular flexibility index (Phi) is 13.2. The Morgan fingerprint density at radius 1 is 0.625 bits per heavy atom. The number of nitro groups is 2. The van der Waals surface area contributed by atoms with E-state index in [2.05, 4.69) is 14.1 Å². The van der Waals surface area contributed by atoms with Gasteiger partial charge in [-0.15, -0.1) is 0 Å². The van der Waals surface area contributed by atoms with Gasteiger partial charge in [-0.05, 0) is 61.5 Å². The SMILES string of the molecule is C[N+]1(CCc2ccc([N+](=O)[O-])cc2)CCC(CCC2CC[N+](C)(CCc3ccc([N+](=O)[O-])cc3)CC2)CC1.[Br-].[Br-]. The quantitative estimate of drug-likeness (QED) is 0.187. The van der Waals surface area contributed by atoms with Crippen LogP contribution in [0, 0.1) is 32.1 Å². The first-order valence-corrected chi connectivity index (χ1v) is 14.3. The molecule has 10 heteroatoms. The van der Waals surface area contributed by atoms with E-state index >= 15 is 0 Å². The third-order valence-corrected chi connectivity index (χ3v) is 9.47. The van der Waals surface area contributed by atoms with Crippen LogP contribution in [0.1, 0.15) is 49.7 Å². The van der Waals surface area contributed by atoms with E-state index < -0.39 is 0 Å². The van der Waals surface area contributed by atoms with Crippen molar-refractivity contribution >= 4 is 11.4 Å². The lowest BCUT2D eigenvalue weighted by atomic mass is 9.84. The Labute approximate surface area is 259 Å². The number of piperidine rings is 2. The van der Waals surface area contributed by atoms with Crippen molar-refractivity contribution in [2.24, 2.45) is 11.8 Å². The number of nitrogens with zero attached hydrogens (tertiary/aromatic N) is 4. The van der Waals surface area contributed by atoms with Crippen LogP contribution in [0.15, 0.2) is 48.5 Å². The molecule has 0 unspecified atom stereocenters. The summed E-state index contributed by atoms with van der Waals surface area (Å²) in [6.45, 7) is 7.15. The fourth-order valence-corrected chi connectivity index (χ4v) is 6.35. The summed E-state index contributed by atoms with van der Waals surface area (Å²) < 4.78 is 2.23. The highest BCUT2D eigenvalue weighted by Crippen LogP contribution is 2.32. The molecule has 0 aromatic heterocycles. The van der Waals surface area contributed by atoms with E-state index in [1.165, 1.54) is 75.8 Å². The number of nitro benzene ring substituents is 2. The molecule has 40 heavy (non-hydrogen) atoms. The summed E-state index contributed by atoms with van der Waals surface area (Å²) in [6, 6.07) is 14.1. The summed E-state index contributed by atoms with van der Waals surface area (Å²) >= 11 is 0. The number of benzene rings is 2. The van der Waals surface area contributed by atoms with Crippen LogP contribution >= 0.6 is 0 Å². The minimum atomic E-state index is -0.335. The summed E-state index contributed by atoms with van der Waals surface area (Å²) in [5.41, 5.74) is 2.71. The van der Waals surface area contributed by atoms with Crippen LogP contribution in [0.2, 0.25) is 0 Å². The number of likely N-dealkylation sites (N-methyl/N-ethyl adjacent to an activating group) is 2. The van der Waals surface area contributed by atoms with Crippen molar-refractivity contribution in [3.63, 3.8) is 0 Å². The van der Waals surface area contributed by atoms with E-state index in [1.54, 1.807) is 24.3 Å². The third-order valence-electron chi connectivity index (χ3n) is 9.47. The van der Waals surface area contributed by atoms with Gasteiger partial charge in [-0.3, -0.25) is 20.2 Å². The zero-order valence-corrected chi connectivity index (χ0v) is 27.0. The second-order valence-electron chi connectivity index (χ2n) is 12.4. The molecule has 0 amide bonds. The largest absolute Gasteiger partial charge is 1.00 e. The molecule has 2 aliphatic rings. The van der Waals surface area contributed by atoms with Crippen LogP contribution in [0.3, 0.4) is 0 Å². The first-order valence-electron chi connectivity index (χ1n) is 14.3. The number of halogens is 2. The average molecular weight is 685 g/mol. The highest BCUT2D eigenvalue weighted by Gasteiger charge is 2.32. The maximum atomic E-state index is 10.9. The van der Waals surface area contributed by atoms with Gasteiger partial charge in [0, 0.05) is 37.1 Å². The molecule has 2 saturated heterocycles. The van der Waals surface area contributed by atoms with Crippen molar-refractivity contribution in [1.29, 1.82) is 0 Å². The summed E-state index contributed by atoms with van der Waals surface area (Å²) in [5.74, 6) is 1.70. The predicted molar refractivity (Wildman–Crippen MR) is 150 cm³/mol. The van der Waals surface area contributed by atoms with E-state index in [0.717, 1.165) is 46.7 Å². The van der Waals surface area contributed by atoms with Crippen LogP contribution in [0.5, 0.6) is 0 Å². The molecule has 2 heterocycles. The van der Waals surface area contributed by atoms with Crippen LogP contribution in [-0.4, -0.2) is 72.2 Å². The summed E-state index contributed by atoms with van der Waals surface area (Å²) in [6.07, 6.45) is 9.92. The smallest absolute Gasteiger partial charge is 0.269 e. The van der Waals surface area contributed by atoms with Gasteiger partial charge in [0.05, 0.1) is 63.2 Å². The molecule has 2 aromatic carbocycles. The Bertz CT molecular complexity index is 994. The van der Waals surface area contributed by atoms with E-state index in [9.17, 15) is 20.2 Å². The Hall–Kier alpha value is -1.88. The Morgan fingerprint density at radius 3 is 1.20 bits per heavy atom. The fraction of sp³-hybridized carbons (Fsp3) is 0.600. The second-order valence-corrected chi connectivity index (χ2v) is 12.4. The van der Waals surface area contributed by atoms with Gasteiger partial charge in [0.15, 0.2) is 0 Å². The number of non-ortho nitro benzene ring substituents is 2. The Balaban J connectivity index is 0.00000280. The van der Waals surface area contributed by atoms with Gasteiger partial charge in [0.2, 0.25) is 0 Å².